The van der Waals surface area contributed by atoms with Gasteiger partial charge < -0.3 is 19.4 Å². The van der Waals surface area contributed by atoms with E-state index in [4.69, 9.17) is 4.74 Å². The zero-order valence-electron chi connectivity index (χ0n) is 19.8. The number of likely N-dealkylation sites (tertiary alicyclic amines) is 1. The van der Waals surface area contributed by atoms with Gasteiger partial charge in [0.15, 0.2) is 5.60 Å². The number of amides is 3. The summed E-state index contributed by atoms with van der Waals surface area (Å²) in [5.74, 6) is -1.57. The van der Waals surface area contributed by atoms with E-state index >= 15 is 0 Å². The number of fused-ring (bicyclic) bond motifs is 1. The molecule has 4 heterocycles. The number of rotatable bonds is 3. The van der Waals surface area contributed by atoms with Gasteiger partial charge in [0.1, 0.15) is 17.9 Å². The summed E-state index contributed by atoms with van der Waals surface area (Å²) >= 11 is 0. The maximum absolute atomic E-state index is 13.8. The van der Waals surface area contributed by atoms with E-state index in [9.17, 15) is 23.2 Å². The molecule has 6 rings (SSSR count). The molecule has 7 nitrogen and oxygen atoms in total. The number of carbonyl (C=O) groups is 3. The Bertz CT molecular complexity index is 1220. The molecule has 2 aromatic rings. The molecule has 4 fully saturated rings. The minimum Gasteiger partial charge on any atom is -0.342 e. The minimum atomic E-state index is -1.02. The minimum absolute atomic E-state index is 0.0660. The van der Waals surface area contributed by atoms with Gasteiger partial charge in [0, 0.05) is 56.2 Å². The highest BCUT2D eigenvalue weighted by Crippen LogP contribution is 2.47. The Morgan fingerprint density at radius 1 is 0.972 bits per heavy atom. The lowest BCUT2D eigenvalue weighted by atomic mass is 9.89. The number of ether oxygens (including phenoxy) is 1. The molecule has 4 saturated heterocycles. The standard InChI is InChI=1S/C27H27F2N3O4/c28-19-13-18(14-20(29)16-19)22-6-7-24-32(22)26(35)27(36-24)8-11-30(12-9-27)25(34)17-3-1-4-21(15-17)31-10-2-5-23(31)33/h1,3-4,13-16,22,24H,2,5-12H2. The summed E-state index contributed by atoms with van der Waals surface area (Å²) in [7, 11) is 0. The Morgan fingerprint density at radius 3 is 2.42 bits per heavy atom. The van der Waals surface area contributed by atoms with Crippen molar-refractivity contribution in [1.29, 1.82) is 0 Å². The van der Waals surface area contributed by atoms with Crippen molar-refractivity contribution in [2.45, 2.75) is 56.4 Å². The summed E-state index contributed by atoms with van der Waals surface area (Å²) in [6.45, 7) is 1.37. The number of piperidine rings is 1. The summed E-state index contributed by atoms with van der Waals surface area (Å²) in [5, 5.41) is 0. The maximum Gasteiger partial charge on any atom is 0.257 e. The molecule has 0 saturated carbocycles. The third-order valence-electron chi connectivity index (χ3n) is 7.93. The molecule has 36 heavy (non-hydrogen) atoms. The van der Waals surface area contributed by atoms with E-state index in [0.717, 1.165) is 18.2 Å². The molecule has 0 aromatic heterocycles. The van der Waals surface area contributed by atoms with Crippen LogP contribution in [0.15, 0.2) is 42.5 Å². The lowest BCUT2D eigenvalue weighted by Gasteiger charge is -2.37. The summed E-state index contributed by atoms with van der Waals surface area (Å²) < 4.78 is 33.9. The highest BCUT2D eigenvalue weighted by Gasteiger charge is 2.58. The number of benzene rings is 2. The van der Waals surface area contributed by atoms with Crippen LogP contribution in [-0.2, 0) is 14.3 Å². The van der Waals surface area contributed by atoms with Crippen molar-refractivity contribution in [2.24, 2.45) is 0 Å². The molecule has 3 amide bonds. The summed E-state index contributed by atoms with van der Waals surface area (Å²) in [5.41, 5.74) is 0.658. The van der Waals surface area contributed by atoms with Gasteiger partial charge in [0.25, 0.3) is 11.8 Å². The highest BCUT2D eigenvalue weighted by molar-refractivity contribution is 5.99. The Hall–Kier alpha value is -3.33. The zero-order chi connectivity index (χ0) is 25.0. The number of hydrogen-bond donors (Lipinski definition) is 0. The van der Waals surface area contributed by atoms with Gasteiger partial charge in [-0.25, -0.2) is 8.78 Å². The topological polar surface area (TPSA) is 70.2 Å². The first kappa shape index (κ1) is 23.1. The number of anilines is 1. The zero-order valence-corrected chi connectivity index (χ0v) is 19.8. The molecule has 0 radical (unpaired) electrons. The molecule has 4 aliphatic heterocycles. The molecule has 1 spiro atoms. The molecule has 2 atom stereocenters. The predicted octanol–water partition coefficient (Wildman–Crippen LogP) is 3.79. The molecular formula is C27H27F2N3O4. The van der Waals surface area contributed by atoms with E-state index in [-0.39, 0.29) is 17.7 Å². The van der Waals surface area contributed by atoms with Crippen molar-refractivity contribution in [3.8, 4) is 0 Å². The Morgan fingerprint density at radius 2 is 1.72 bits per heavy atom. The van der Waals surface area contributed by atoms with Crippen molar-refractivity contribution >= 4 is 23.4 Å². The van der Waals surface area contributed by atoms with E-state index in [1.54, 1.807) is 32.9 Å². The van der Waals surface area contributed by atoms with Gasteiger partial charge in [0.05, 0.1) is 6.04 Å². The highest BCUT2D eigenvalue weighted by atomic mass is 19.1. The third kappa shape index (κ3) is 3.77. The molecule has 188 valence electrons. The van der Waals surface area contributed by atoms with Crippen LogP contribution in [0.5, 0.6) is 0 Å². The van der Waals surface area contributed by atoms with Crippen molar-refractivity contribution in [3.63, 3.8) is 0 Å². The predicted molar refractivity (Wildman–Crippen MR) is 126 cm³/mol. The fraction of sp³-hybridized carbons (Fsp3) is 0.444. The number of nitrogens with zero attached hydrogens (tertiary/aromatic N) is 3. The van der Waals surface area contributed by atoms with Gasteiger partial charge in [0.2, 0.25) is 5.91 Å². The van der Waals surface area contributed by atoms with E-state index < -0.39 is 29.5 Å². The van der Waals surface area contributed by atoms with Crippen LogP contribution in [0.1, 0.15) is 60.5 Å². The Kier molecular flexibility index (Phi) is 5.55. The van der Waals surface area contributed by atoms with Crippen LogP contribution >= 0.6 is 0 Å². The average Bonchev–Trinajstić information content (AvgIpc) is 3.55. The molecular weight excluding hydrogens is 468 g/mol. The molecule has 2 aromatic carbocycles. The van der Waals surface area contributed by atoms with Gasteiger partial charge in [-0.15, -0.1) is 0 Å². The number of hydrogen-bond acceptors (Lipinski definition) is 4. The first-order valence-corrected chi connectivity index (χ1v) is 12.5. The first-order chi connectivity index (χ1) is 17.3. The van der Waals surface area contributed by atoms with Crippen LogP contribution in [0, 0.1) is 11.6 Å². The fourth-order valence-electron chi connectivity index (χ4n) is 6.12. The lowest BCUT2D eigenvalue weighted by Crippen LogP contribution is -2.51. The third-order valence-corrected chi connectivity index (χ3v) is 7.93. The normalized spacial score (nSPS) is 25.2. The van der Waals surface area contributed by atoms with Crippen LogP contribution in [-0.4, -0.2) is 59.0 Å². The Labute approximate surface area is 207 Å². The van der Waals surface area contributed by atoms with Crippen LogP contribution < -0.4 is 4.90 Å². The number of carbonyl (C=O) groups excluding carboxylic acids is 3. The van der Waals surface area contributed by atoms with Crippen LogP contribution in [0.3, 0.4) is 0 Å². The molecule has 4 aliphatic rings. The molecule has 2 unspecified atom stereocenters. The van der Waals surface area contributed by atoms with E-state index in [0.29, 0.717) is 62.9 Å². The van der Waals surface area contributed by atoms with Crippen LogP contribution in [0.25, 0.3) is 0 Å². The number of halogens is 2. The summed E-state index contributed by atoms with van der Waals surface area (Å²) in [6, 6.07) is 10.1. The van der Waals surface area contributed by atoms with Gasteiger partial charge in [-0.05, 0) is 55.2 Å². The van der Waals surface area contributed by atoms with Gasteiger partial charge in [-0.1, -0.05) is 6.07 Å². The second-order valence-corrected chi connectivity index (χ2v) is 10.1. The van der Waals surface area contributed by atoms with E-state index in [1.807, 2.05) is 6.07 Å². The van der Waals surface area contributed by atoms with Gasteiger partial charge >= 0.3 is 0 Å². The van der Waals surface area contributed by atoms with Crippen molar-refractivity contribution in [3.05, 3.63) is 65.2 Å². The smallest absolute Gasteiger partial charge is 0.257 e. The summed E-state index contributed by atoms with van der Waals surface area (Å²) in [6.07, 6.45) is 2.81. The van der Waals surface area contributed by atoms with Crippen LogP contribution in [0.4, 0.5) is 14.5 Å². The van der Waals surface area contributed by atoms with E-state index in [2.05, 4.69) is 0 Å². The molecule has 0 N–H and O–H groups in total. The van der Waals surface area contributed by atoms with Crippen molar-refractivity contribution in [2.75, 3.05) is 24.5 Å². The average molecular weight is 496 g/mol. The van der Waals surface area contributed by atoms with Gasteiger partial charge in [-0.3, -0.25) is 14.4 Å². The maximum atomic E-state index is 13.8. The largest absolute Gasteiger partial charge is 0.342 e. The monoisotopic (exact) mass is 495 g/mol. The summed E-state index contributed by atoms with van der Waals surface area (Å²) in [4.78, 5) is 44.0. The lowest BCUT2D eigenvalue weighted by molar-refractivity contribution is -0.142. The molecule has 0 aliphatic carbocycles. The quantitative estimate of drug-likeness (QED) is 0.650. The Balaban J connectivity index is 1.15. The van der Waals surface area contributed by atoms with Crippen molar-refractivity contribution < 1.29 is 27.9 Å². The second kappa shape index (κ2) is 8.65. The SMILES string of the molecule is O=C(c1cccc(N2CCCC2=O)c1)N1CCC2(CC1)OC1CCC(c3cc(F)cc(F)c3)N1C2=O. The first-order valence-electron chi connectivity index (χ1n) is 12.5. The van der Waals surface area contributed by atoms with Gasteiger partial charge in [-0.2, -0.15) is 0 Å². The second-order valence-electron chi connectivity index (χ2n) is 10.1. The van der Waals surface area contributed by atoms with Crippen LogP contribution in [0.2, 0.25) is 0 Å². The fourth-order valence-corrected chi connectivity index (χ4v) is 6.12. The molecule has 0 bridgehead atoms. The van der Waals surface area contributed by atoms with Crippen molar-refractivity contribution in [1.82, 2.24) is 9.80 Å². The van der Waals surface area contributed by atoms with E-state index in [1.165, 1.54) is 12.1 Å². The molecule has 9 heteroatoms.